The molecule has 0 aliphatic rings. The molecule has 0 spiro atoms. The van der Waals surface area contributed by atoms with E-state index in [4.69, 9.17) is 16.3 Å². The molecule has 0 radical (unpaired) electrons. The second-order valence-electron chi connectivity index (χ2n) is 2.79. The summed E-state index contributed by atoms with van der Waals surface area (Å²) < 4.78 is 5.71. The third-order valence-electron chi connectivity index (χ3n) is 1.88. The average molecular weight is 259 g/mol. The number of ether oxygens (including phenoxy) is 1. The molecule has 0 unspecified atom stereocenters. The largest absolute Gasteiger partial charge is 0.495 e. The number of methoxy groups -OCH3 is 1. The van der Waals surface area contributed by atoms with E-state index in [9.17, 15) is 4.79 Å². The van der Waals surface area contributed by atoms with Gasteiger partial charge in [0.25, 0.3) is 0 Å². The Bertz CT molecular complexity index is 487. The Kier molecular flexibility index (Phi) is 3.09. The molecule has 2 aromatic rings. The van der Waals surface area contributed by atoms with Gasteiger partial charge in [0.15, 0.2) is 0 Å². The first kappa shape index (κ1) is 10.7. The standard InChI is InChI=1S/C10H7ClO2S2/c1-13-7-2-3-14-10(7)9(12)6-4-8(11)15-5-6/h2-5H,1H3. The lowest BCUT2D eigenvalue weighted by atomic mass is 10.2. The van der Waals surface area contributed by atoms with E-state index in [2.05, 4.69) is 0 Å². The predicted molar refractivity (Wildman–Crippen MR) is 63.6 cm³/mol. The molecule has 78 valence electrons. The molecule has 0 bridgehead atoms. The summed E-state index contributed by atoms with van der Waals surface area (Å²) in [5, 5.41) is 3.59. The van der Waals surface area contributed by atoms with Gasteiger partial charge in [0.05, 0.1) is 11.4 Å². The van der Waals surface area contributed by atoms with Gasteiger partial charge in [-0.05, 0) is 17.5 Å². The minimum Gasteiger partial charge on any atom is -0.495 e. The maximum atomic E-state index is 12.0. The summed E-state index contributed by atoms with van der Waals surface area (Å²) in [7, 11) is 1.55. The lowest BCUT2D eigenvalue weighted by Crippen LogP contribution is -1.98. The Morgan fingerprint density at radius 3 is 2.87 bits per heavy atom. The first-order valence-corrected chi connectivity index (χ1v) is 6.26. The molecular weight excluding hydrogens is 252 g/mol. The highest BCUT2D eigenvalue weighted by Crippen LogP contribution is 2.29. The number of carbonyl (C=O) groups excluding carboxylic acids is 1. The quantitative estimate of drug-likeness (QED) is 0.785. The van der Waals surface area contributed by atoms with E-state index < -0.39 is 0 Å². The van der Waals surface area contributed by atoms with E-state index in [1.165, 1.54) is 22.7 Å². The molecule has 0 fully saturated rings. The Morgan fingerprint density at radius 2 is 2.27 bits per heavy atom. The van der Waals surface area contributed by atoms with Gasteiger partial charge in [0.2, 0.25) is 5.78 Å². The molecule has 0 atom stereocenters. The maximum absolute atomic E-state index is 12.0. The number of carbonyl (C=O) groups is 1. The average Bonchev–Trinajstić information content (AvgIpc) is 2.84. The molecular formula is C10H7ClO2S2. The third kappa shape index (κ3) is 2.07. The van der Waals surface area contributed by atoms with Gasteiger partial charge in [0, 0.05) is 10.9 Å². The fourth-order valence-corrected chi connectivity index (χ4v) is 2.86. The summed E-state index contributed by atoms with van der Waals surface area (Å²) in [6.07, 6.45) is 0. The number of hydrogen-bond donors (Lipinski definition) is 0. The lowest BCUT2D eigenvalue weighted by Gasteiger charge is -1.99. The molecule has 0 aliphatic heterocycles. The van der Waals surface area contributed by atoms with Crippen LogP contribution in [0.4, 0.5) is 0 Å². The molecule has 0 saturated heterocycles. The van der Waals surface area contributed by atoms with Crippen molar-refractivity contribution in [2.45, 2.75) is 0 Å². The lowest BCUT2D eigenvalue weighted by molar-refractivity contribution is 0.104. The van der Waals surface area contributed by atoms with Crippen LogP contribution >= 0.6 is 34.3 Å². The summed E-state index contributed by atoms with van der Waals surface area (Å²) in [4.78, 5) is 12.6. The molecule has 2 heterocycles. The minimum absolute atomic E-state index is 0.0370. The van der Waals surface area contributed by atoms with Crippen molar-refractivity contribution in [3.8, 4) is 5.75 Å². The van der Waals surface area contributed by atoms with Crippen molar-refractivity contribution in [2.24, 2.45) is 0 Å². The Labute approximate surface area is 100 Å². The monoisotopic (exact) mass is 258 g/mol. The Balaban J connectivity index is 2.36. The smallest absolute Gasteiger partial charge is 0.207 e. The molecule has 5 heteroatoms. The molecule has 15 heavy (non-hydrogen) atoms. The molecule has 0 N–H and O–H groups in total. The number of halogens is 1. The Hall–Kier alpha value is -0.840. The van der Waals surface area contributed by atoms with Crippen molar-refractivity contribution in [1.82, 2.24) is 0 Å². The van der Waals surface area contributed by atoms with Crippen molar-refractivity contribution in [3.05, 3.63) is 37.7 Å². The van der Waals surface area contributed by atoms with Gasteiger partial charge in [-0.2, -0.15) is 0 Å². The van der Waals surface area contributed by atoms with Crippen LogP contribution in [0, 0.1) is 0 Å². The molecule has 2 nitrogen and oxygen atoms in total. The summed E-state index contributed by atoms with van der Waals surface area (Å²) in [6.45, 7) is 0. The van der Waals surface area contributed by atoms with Crippen molar-refractivity contribution in [1.29, 1.82) is 0 Å². The van der Waals surface area contributed by atoms with E-state index >= 15 is 0 Å². The van der Waals surface area contributed by atoms with Gasteiger partial charge >= 0.3 is 0 Å². The summed E-state index contributed by atoms with van der Waals surface area (Å²) in [5.41, 5.74) is 0.616. The van der Waals surface area contributed by atoms with E-state index in [0.717, 1.165) is 0 Å². The predicted octanol–water partition coefficient (Wildman–Crippen LogP) is 3.70. The number of rotatable bonds is 3. The van der Waals surface area contributed by atoms with Crippen LogP contribution in [0.2, 0.25) is 4.34 Å². The zero-order valence-electron chi connectivity index (χ0n) is 7.82. The van der Waals surface area contributed by atoms with Crippen LogP contribution < -0.4 is 4.74 Å². The molecule has 0 saturated carbocycles. The van der Waals surface area contributed by atoms with Crippen molar-refractivity contribution in [3.63, 3.8) is 0 Å². The van der Waals surface area contributed by atoms with Crippen LogP contribution in [0.5, 0.6) is 5.75 Å². The fraction of sp³-hybridized carbons (Fsp3) is 0.100. The van der Waals surface area contributed by atoms with Crippen LogP contribution in [-0.4, -0.2) is 12.9 Å². The van der Waals surface area contributed by atoms with Gasteiger partial charge in [0.1, 0.15) is 10.6 Å². The molecule has 2 rings (SSSR count). The zero-order valence-corrected chi connectivity index (χ0v) is 10.2. The second kappa shape index (κ2) is 4.35. The molecule has 0 aliphatic carbocycles. The maximum Gasteiger partial charge on any atom is 0.207 e. The first-order valence-electron chi connectivity index (χ1n) is 4.12. The van der Waals surface area contributed by atoms with Crippen LogP contribution in [0.25, 0.3) is 0 Å². The highest BCUT2D eigenvalue weighted by Gasteiger charge is 2.16. The van der Waals surface area contributed by atoms with Crippen LogP contribution in [0.1, 0.15) is 15.2 Å². The summed E-state index contributed by atoms with van der Waals surface area (Å²) >= 11 is 8.50. The van der Waals surface area contributed by atoms with Gasteiger partial charge < -0.3 is 4.74 Å². The SMILES string of the molecule is COc1ccsc1C(=O)c1csc(Cl)c1. The Morgan fingerprint density at radius 1 is 1.47 bits per heavy atom. The van der Waals surface area contributed by atoms with Crippen LogP contribution in [0.15, 0.2) is 22.9 Å². The first-order chi connectivity index (χ1) is 7.22. The third-order valence-corrected chi connectivity index (χ3v) is 3.87. The van der Waals surface area contributed by atoms with E-state index in [-0.39, 0.29) is 5.78 Å². The van der Waals surface area contributed by atoms with E-state index in [1.54, 1.807) is 24.6 Å². The highest BCUT2D eigenvalue weighted by atomic mass is 35.5. The number of ketones is 1. The highest BCUT2D eigenvalue weighted by molar-refractivity contribution is 7.15. The normalized spacial score (nSPS) is 10.3. The van der Waals surface area contributed by atoms with Gasteiger partial charge in [-0.15, -0.1) is 22.7 Å². The molecule has 2 aromatic heterocycles. The molecule has 0 aromatic carbocycles. The van der Waals surface area contributed by atoms with Crippen LogP contribution in [0.3, 0.4) is 0 Å². The van der Waals surface area contributed by atoms with Crippen molar-refractivity contribution in [2.75, 3.05) is 7.11 Å². The zero-order chi connectivity index (χ0) is 10.8. The van der Waals surface area contributed by atoms with Gasteiger partial charge in [-0.25, -0.2) is 0 Å². The van der Waals surface area contributed by atoms with Gasteiger partial charge in [-0.1, -0.05) is 11.6 Å². The number of hydrogen-bond acceptors (Lipinski definition) is 4. The number of thiophene rings is 2. The van der Waals surface area contributed by atoms with Crippen molar-refractivity contribution < 1.29 is 9.53 Å². The summed E-state index contributed by atoms with van der Waals surface area (Å²) in [5.74, 6) is 0.581. The minimum atomic E-state index is -0.0370. The van der Waals surface area contributed by atoms with Crippen molar-refractivity contribution >= 4 is 40.1 Å². The second-order valence-corrected chi connectivity index (χ2v) is 5.25. The van der Waals surface area contributed by atoms with Gasteiger partial charge in [-0.3, -0.25) is 4.79 Å². The van der Waals surface area contributed by atoms with Crippen LogP contribution in [-0.2, 0) is 0 Å². The summed E-state index contributed by atoms with van der Waals surface area (Å²) in [6, 6.07) is 3.46. The fourth-order valence-electron chi connectivity index (χ4n) is 1.18. The van der Waals surface area contributed by atoms with E-state index in [1.807, 2.05) is 5.38 Å². The topological polar surface area (TPSA) is 26.3 Å². The van der Waals surface area contributed by atoms with E-state index in [0.29, 0.717) is 20.5 Å². The molecule has 0 amide bonds.